The van der Waals surface area contributed by atoms with E-state index in [2.05, 4.69) is 26.0 Å². The number of hydrogen-bond donors (Lipinski definition) is 1. The van der Waals surface area contributed by atoms with Crippen molar-refractivity contribution in [1.82, 2.24) is 0 Å². The Bertz CT molecular complexity index is 647. The van der Waals surface area contributed by atoms with Gasteiger partial charge in [0.05, 0.1) is 6.61 Å². The number of carbonyl (C=O) groups excluding carboxylic acids is 2. The molecular weight excluding hydrogens is 560 g/mol. The fourth-order valence-corrected chi connectivity index (χ4v) is 5.78. The lowest BCUT2D eigenvalue weighted by Crippen LogP contribution is -2.28. The summed E-state index contributed by atoms with van der Waals surface area (Å²) in [4.78, 5) is 24.2. The highest BCUT2D eigenvalue weighted by Gasteiger charge is 2.16. The monoisotopic (exact) mass is 637 g/mol. The predicted molar refractivity (Wildman–Crippen MR) is 192 cm³/mol. The molecule has 0 aliphatic rings. The maximum atomic E-state index is 12.1. The van der Waals surface area contributed by atoms with Crippen LogP contribution in [0, 0.1) is 0 Å². The summed E-state index contributed by atoms with van der Waals surface area (Å²) in [5.41, 5.74) is 0. The van der Waals surface area contributed by atoms with Crippen molar-refractivity contribution in [3.63, 3.8) is 0 Å². The smallest absolute Gasteiger partial charge is 0.306 e. The number of ether oxygens (including phenoxy) is 2. The second kappa shape index (κ2) is 37.1. The SMILES string of the molecule is CCCCCCCC/C=C/CCCCCCCCCCCCCC(=O)OC[C@H](CO)OC(=O)CCCCCCCCCCCC. The number of hydrogen-bond acceptors (Lipinski definition) is 5. The Morgan fingerprint density at radius 1 is 0.489 bits per heavy atom. The van der Waals surface area contributed by atoms with Crippen LogP contribution in [0.3, 0.4) is 0 Å². The topological polar surface area (TPSA) is 72.8 Å². The van der Waals surface area contributed by atoms with E-state index in [1.807, 2.05) is 0 Å². The molecule has 5 heteroatoms. The third-order valence-electron chi connectivity index (χ3n) is 8.81. The van der Waals surface area contributed by atoms with Crippen LogP contribution in [-0.4, -0.2) is 36.4 Å². The van der Waals surface area contributed by atoms with Crippen LogP contribution in [0.15, 0.2) is 12.2 Å². The predicted octanol–water partition coefficient (Wildman–Crippen LogP) is 12.1. The molecule has 0 saturated heterocycles. The molecule has 0 aromatic carbocycles. The summed E-state index contributed by atoms with van der Waals surface area (Å²) < 4.78 is 10.6. The van der Waals surface area contributed by atoms with Gasteiger partial charge < -0.3 is 14.6 Å². The summed E-state index contributed by atoms with van der Waals surface area (Å²) in [6, 6.07) is 0. The Morgan fingerprint density at radius 3 is 1.20 bits per heavy atom. The molecule has 1 N–H and O–H groups in total. The molecule has 0 spiro atoms. The van der Waals surface area contributed by atoms with Gasteiger partial charge in [-0.2, -0.15) is 0 Å². The van der Waals surface area contributed by atoms with Gasteiger partial charge in [0.1, 0.15) is 6.61 Å². The molecular formula is C40H76O5. The highest BCUT2D eigenvalue weighted by Crippen LogP contribution is 2.14. The minimum absolute atomic E-state index is 0.0605. The van der Waals surface area contributed by atoms with Crippen molar-refractivity contribution in [3.8, 4) is 0 Å². The molecule has 0 rings (SSSR count). The minimum atomic E-state index is -0.763. The van der Waals surface area contributed by atoms with Crippen molar-refractivity contribution in [3.05, 3.63) is 12.2 Å². The number of carbonyl (C=O) groups is 2. The van der Waals surface area contributed by atoms with Crippen LogP contribution in [-0.2, 0) is 19.1 Å². The maximum absolute atomic E-state index is 12.1. The van der Waals surface area contributed by atoms with E-state index in [0.717, 1.165) is 38.5 Å². The molecule has 0 aliphatic carbocycles. The summed E-state index contributed by atoms with van der Waals surface area (Å²) in [6.45, 7) is 4.13. The van der Waals surface area contributed by atoms with Gasteiger partial charge in [0.25, 0.3) is 0 Å². The molecule has 0 aromatic heterocycles. The van der Waals surface area contributed by atoms with Crippen molar-refractivity contribution >= 4 is 11.9 Å². The zero-order valence-corrected chi connectivity index (χ0v) is 30.1. The first-order valence-corrected chi connectivity index (χ1v) is 19.7. The molecule has 0 bridgehead atoms. The second-order valence-corrected chi connectivity index (χ2v) is 13.4. The number of unbranched alkanes of at least 4 members (excludes halogenated alkanes) is 26. The Hall–Kier alpha value is -1.36. The first-order valence-electron chi connectivity index (χ1n) is 19.7. The molecule has 5 nitrogen and oxygen atoms in total. The number of aliphatic hydroxyl groups is 1. The molecule has 0 heterocycles. The fourth-order valence-electron chi connectivity index (χ4n) is 5.78. The molecule has 0 radical (unpaired) electrons. The van der Waals surface area contributed by atoms with Crippen molar-refractivity contribution < 1.29 is 24.2 Å². The van der Waals surface area contributed by atoms with E-state index in [1.165, 1.54) is 148 Å². The first kappa shape index (κ1) is 43.6. The van der Waals surface area contributed by atoms with E-state index < -0.39 is 6.10 Å². The summed E-state index contributed by atoms with van der Waals surface area (Å²) >= 11 is 0. The van der Waals surface area contributed by atoms with E-state index >= 15 is 0 Å². The number of aliphatic hydroxyl groups excluding tert-OH is 1. The molecule has 266 valence electrons. The standard InChI is InChI=1S/C40H76O5/c1-3-5-7-9-11-13-15-16-17-18-19-20-21-22-23-24-25-27-28-30-32-34-39(42)44-37-38(36-41)45-40(43)35-33-31-29-26-14-12-10-8-6-4-2/h16-17,38,41H,3-15,18-37H2,1-2H3/b17-16+/t38-/m0/s1. The molecule has 0 aromatic rings. The van der Waals surface area contributed by atoms with Crippen molar-refractivity contribution in [1.29, 1.82) is 0 Å². The molecule has 0 saturated carbocycles. The van der Waals surface area contributed by atoms with Gasteiger partial charge in [-0.15, -0.1) is 0 Å². The molecule has 0 fully saturated rings. The van der Waals surface area contributed by atoms with E-state index in [1.54, 1.807) is 0 Å². The van der Waals surface area contributed by atoms with Crippen molar-refractivity contribution in [2.75, 3.05) is 13.2 Å². The van der Waals surface area contributed by atoms with Crippen LogP contribution in [0.5, 0.6) is 0 Å². The lowest BCUT2D eigenvalue weighted by Gasteiger charge is -2.15. The summed E-state index contributed by atoms with van der Waals surface area (Å²) in [7, 11) is 0. The molecule has 0 unspecified atom stereocenters. The Morgan fingerprint density at radius 2 is 0.822 bits per heavy atom. The number of esters is 2. The zero-order chi connectivity index (χ0) is 32.9. The van der Waals surface area contributed by atoms with Crippen LogP contribution in [0.4, 0.5) is 0 Å². The summed E-state index contributed by atoms with van der Waals surface area (Å²) in [5, 5.41) is 9.52. The third-order valence-corrected chi connectivity index (χ3v) is 8.81. The van der Waals surface area contributed by atoms with Gasteiger partial charge >= 0.3 is 11.9 Å². The van der Waals surface area contributed by atoms with Gasteiger partial charge in [0.15, 0.2) is 6.10 Å². The van der Waals surface area contributed by atoms with Gasteiger partial charge in [-0.1, -0.05) is 174 Å². The minimum Gasteiger partial charge on any atom is -0.462 e. The summed E-state index contributed by atoms with van der Waals surface area (Å²) in [5.74, 6) is -0.584. The lowest BCUT2D eigenvalue weighted by molar-refractivity contribution is -0.161. The quantitative estimate of drug-likeness (QED) is 0.0421. The highest BCUT2D eigenvalue weighted by molar-refractivity contribution is 5.70. The van der Waals surface area contributed by atoms with Gasteiger partial charge in [0, 0.05) is 12.8 Å². The maximum Gasteiger partial charge on any atom is 0.306 e. The van der Waals surface area contributed by atoms with E-state index in [9.17, 15) is 14.7 Å². The van der Waals surface area contributed by atoms with Gasteiger partial charge in [-0.3, -0.25) is 9.59 Å². The highest BCUT2D eigenvalue weighted by atomic mass is 16.6. The Balaban J connectivity index is 3.47. The molecule has 1 atom stereocenters. The lowest BCUT2D eigenvalue weighted by atomic mass is 10.0. The Labute approximate surface area is 280 Å². The van der Waals surface area contributed by atoms with Crippen LogP contribution in [0.25, 0.3) is 0 Å². The average molecular weight is 637 g/mol. The van der Waals surface area contributed by atoms with E-state index in [0.29, 0.717) is 12.8 Å². The number of allylic oxidation sites excluding steroid dienone is 2. The van der Waals surface area contributed by atoms with Crippen LogP contribution < -0.4 is 0 Å². The third kappa shape index (κ3) is 35.3. The Kier molecular flexibility index (Phi) is 36.0. The van der Waals surface area contributed by atoms with Crippen molar-refractivity contribution in [2.45, 2.75) is 219 Å². The number of rotatable bonds is 36. The van der Waals surface area contributed by atoms with E-state index in [-0.39, 0.29) is 25.2 Å². The van der Waals surface area contributed by atoms with Gasteiger partial charge in [0.2, 0.25) is 0 Å². The largest absolute Gasteiger partial charge is 0.462 e. The summed E-state index contributed by atoms with van der Waals surface area (Å²) in [6.07, 6.45) is 41.4. The van der Waals surface area contributed by atoms with Gasteiger partial charge in [-0.05, 0) is 38.5 Å². The van der Waals surface area contributed by atoms with E-state index in [4.69, 9.17) is 9.47 Å². The normalized spacial score (nSPS) is 12.2. The molecule has 45 heavy (non-hydrogen) atoms. The second-order valence-electron chi connectivity index (χ2n) is 13.4. The first-order chi connectivity index (χ1) is 22.1. The van der Waals surface area contributed by atoms with Gasteiger partial charge in [-0.25, -0.2) is 0 Å². The average Bonchev–Trinajstić information content (AvgIpc) is 3.04. The molecule has 0 aliphatic heterocycles. The zero-order valence-electron chi connectivity index (χ0n) is 30.1. The van der Waals surface area contributed by atoms with Crippen LogP contribution >= 0.6 is 0 Å². The van der Waals surface area contributed by atoms with Crippen LogP contribution in [0.2, 0.25) is 0 Å². The van der Waals surface area contributed by atoms with Crippen molar-refractivity contribution in [2.24, 2.45) is 0 Å². The van der Waals surface area contributed by atoms with Crippen LogP contribution in [0.1, 0.15) is 213 Å². The fraction of sp³-hybridized carbons (Fsp3) is 0.900. The molecule has 0 amide bonds.